The van der Waals surface area contributed by atoms with E-state index in [0.29, 0.717) is 18.2 Å². The summed E-state index contributed by atoms with van der Waals surface area (Å²) < 4.78 is 5.23. The van der Waals surface area contributed by atoms with Crippen molar-refractivity contribution in [3.8, 4) is 0 Å². The summed E-state index contributed by atoms with van der Waals surface area (Å²) in [5.74, 6) is 1.01. The summed E-state index contributed by atoms with van der Waals surface area (Å²) in [7, 11) is 1.72. The highest BCUT2D eigenvalue weighted by molar-refractivity contribution is 7.11. The number of ether oxygens (including phenoxy) is 1. The Kier molecular flexibility index (Phi) is 6.54. The lowest BCUT2D eigenvalue weighted by molar-refractivity contribution is 0.0906. The lowest BCUT2D eigenvalue weighted by Gasteiger charge is -2.33. The zero-order valence-electron chi connectivity index (χ0n) is 17.5. The molecule has 8 heteroatoms. The number of piperidine rings is 1. The van der Waals surface area contributed by atoms with Gasteiger partial charge in [0.15, 0.2) is 10.8 Å². The second kappa shape index (κ2) is 9.49. The second-order valence-electron chi connectivity index (χ2n) is 7.46. The number of aromatic nitrogens is 3. The van der Waals surface area contributed by atoms with Crippen molar-refractivity contribution in [1.29, 1.82) is 0 Å². The molecule has 0 amide bonds. The number of fused-ring (bicyclic) bond motifs is 1. The van der Waals surface area contributed by atoms with Crippen LogP contribution in [-0.4, -0.2) is 60.6 Å². The lowest BCUT2D eigenvalue weighted by Crippen LogP contribution is -2.39. The molecule has 3 aromatic rings. The number of hydrogen-bond acceptors (Lipinski definition) is 8. The number of thiazole rings is 1. The maximum Gasteiger partial charge on any atom is 0.196 e. The van der Waals surface area contributed by atoms with Gasteiger partial charge in [-0.15, -0.1) is 11.3 Å². The Morgan fingerprint density at radius 2 is 2.23 bits per heavy atom. The van der Waals surface area contributed by atoms with Gasteiger partial charge in [0, 0.05) is 61.9 Å². The molecule has 0 radical (unpaired) electrons. The van der Waals surface area contributed by atoms with Gasteiger partial charge in [-0.25, -0.2) is 15.0 Å². The minimum Gasteiger partial charge on any atom is -0.383 e. The van der Waals surface area contributed by atoms with E-state index < -0.39 is 0 Å². The van der Waals surface area contributed by atoms with Crippen LogP contribution in [-0.2, 0) is 4.74 Å². The van der Waals surface area contributed by atoms with Crippen LogP contribution in [0.4, 0.5) is 11.5 Å². The highest BCUT2D eigenvalue weighted by atomic mass is 32.1. The zero-order valence-corrected chi connectivity index (χ0v) is 18.3. The first-order valence-corrected chi connectivity index (χ1v) is 11.3. The van der Waals surface area contributed by atoms with Crippen molar-refractivity contribution in [2.45, 2.75) is 19.8 Å². The first-order valence-electron chi connectivity index (χ1n) is 10.4. The number of rotatable bonds is 8. The quantitative estimate of drug-likeness (QED) is 0.510. The summed E-state index contributed by atoms with van der Waals surface area (Å²) in [6.45, 7) is 6.12. The molecule has 4 rings (SSSR count). The van der Waals surface area contributed by atoms with Crippen molar-refractivity contribution in [3.63, 3.8) is 0 Å². The topological polar surface area (TPSA) is 71.5 Å². The number of hydrogen-bond donors (Lipinski definition) is 0. The van der Waals surface area contributed by atoms with E-state index in [0.717, 1.165) is 54.9 Å². The largest absolute Gasteiger partial charge is 0.383 e. The van der Waals surface area contributed by atoms with Gasteiger partial charge in [-0.3, -0.25) is 4.79 Å². The van der Waals surface area contributed by atoms with Crippen molar-refractivity contribution >= 4 is 39.5 Å². The molecular weight excluding hydrogens is 398 g/mol. The van der Waals surface area contributed by atoms with E-state index in [4.69, 9.17) is 4.74 Å². The van der Waals surface area contributed by atoms with Crippen LogP contribution >= 0.6 is 11.3 Å². The van der Waals surface area contributed by atoms with E-state index in [9.17, 15) is 4.79 Å². The first-order chi connectivity index (χ1) is 14.7. The fourth-order valence-electron chi connectivity index (χ4n) is 4.05. The highest BCUT2D eigenvalue weighted by Gasteiger charge is 2.29. The van der Waals surface area contributed by atoms with Gasteiger partial charge < -0.3 is 14.5 Å². The maximum absolute atomic E-state index is 12.8. The van der Waals surface area contributed by atoms with Crippen molar-refractivity contribution in [3.05, 3.63) is 41.1 Å². The van der Waals surface area contributed by atoms with Crippen LogP contribution in [0.1, 0.15) is 29.6 Å². The number of Topliss-reactive ketones (excluding diaryl/α,β-unsaturated/α-hetero) is 1. The SMILES string of the molecule is CCN(CCOC)c1ccc2c(N3CCCC(C(=O)c4nccs4)C3)ncnc2c1. The van der Waals surface area contributed by atoms with Gasteiger partial charge in [-0.1, -0.05) is 0 Å². The molecule has 0 N–H and O–H groups in total. The summed E-state index contributed by atoms with van der Waals surface area (Å²) in [6.07, 6.45) is 5.18. The monoisotopic (exact) mass is 425 g/mol. The summed E-state index contributed by atoms with van der Waals surface area (Å²) in [4.78, 5) is 30.6. The number of carbonyl (C=O) groups is 1. The van der Waals surface area contributed by atoms with Gasteiger partial charge in [0.2, 0.25) is 0 Å². The molecule has 30 heavy (non-hydrogen) atoms. The van der Waals surface area contributed by atoms with Gasteiger partial charge in [-0.2, -0.15) is 0 Å². The Hall–Kier alpha value is -2.58. The number of ketones is 1. The zero-order chi connectivity index (χ0) is 20.9. The van der Waals surface area contributed by atoms with Crippen LogP contribution in [0.25, 0.3) is 10.9 Å². The Balaban J connectivity index is 1.58. The molecule has 1 aliphatic heterocycles. The summed E-state index contributed by atoms with van der Waals surface area (Å²) in [5, 5.41) is 3.48. The van der Waals surface area contributed by atoms with Gasteiger partial charge in [0.1, 0.15) is 12.1 Å². The number of methoxy groups -OCH3 is 1. The van der Waals surface area contributed by atoms with E-state index in [-0.39, 0.29) is 11.7 Å². The second-order valence-corrected chi connectivity index (χ2v) is 8.35. The number of benzene rings is 1. The molecule has 1 saturated heterocycles. The first kappa shape index (κ1) is 20.7. The number of nitrogens with zero attached hydrogens (tertiary/aromatic N) is 5. The van der Waals surface area contributed by atoms with E-state index in [1.807, 2.05) is 5.38 Å². The van der Waals surface area contributed by atoms with Crippen molar-refractivity contribution < 1.29 is 9.53 Å². The molecule has 1 unspecified atom stereocenters. The van der Waals surface area contributed by atoms with Gasteiger partial charge >= 0.3 is 0 Å². The Labute approximate surface area is 180 Å². The number of carbonyl (C=O) groups excluding carboxylic acids is 1. The molecule has 7 nitrogen and oxygen atoms in total. The van der Waals surface area contributed by atoms with Crippen LogP contribution < -0.4 is 9.80 Å². The molecule has 0 bridgehead atoms. The standard InChI is InChI=1S/C22H27N5O2S/c1-3-26(10-11-29-2)17-6-7-18-19(13-17)24-15-25-21(18)27-9-4-5-16(14-27)20(28)22-23-8-12-30-22/h6-8,12-13,15-16H,3-5,9-11,14H2,1-2H3. The average Bonchev–Trinajstić information content (AvgIpc) is 3.33. The smallest absolute Gasteiger partial charge is 0.196 e. The minimum absolute atomic E-state index is 0.0428. The molecule has 158 valence electrons. The normalized spacial score (nSPS) is 16.7. The Bertz CT molecular complexity index is 994. The van der Waals surface area contributed by atoms with Crippen molar-refractivity contribution in [2.75, 3.05) is 49.7 Å². The molecule has 2 aromatic heterocycles. The Morgan fingerprint density at radius 3 is 3.00 bits per heavy atom. The molecule has 1 aliphatic rings. The minimum atomic E-state index is -0.0428. The van der Waals surface area contributed by atoms with Gasteiger partial charge in [-0.05, 0) is 38.0 Å². The van der Waals surface area contributed by atoms with E-state index >= 15 is 0 Å². The fraction of sp³-hybridized carbons (Fsp3) is 0.455. The Morgan fingerprint density at radius 1 is 1.33 bits per heavy atom. The average molecular weight is 426 g/mol. The molecule has 1 fully saturated rings. The van der Waals surface area contributed by atoms with E-state index in [1.54, 1.807) is 19.6 Å². The number of likely N-dealkylation sites (N-methyl/N-ethyl adjacent to an activating group) is 1. The summed E-state index contributed by atoms with van der Waals surface area (Å²) in [5.41, 5.74) is 2.05. The van der Waals surface area contributed by atoms with Crippen LogP contribution in [0.2, 0.25) is 0 Å². The molecule has 0 saturated carbocycles. The molecule has 0 aliphatic carbocycles. The maximum atomic E-state index is 12.8. The molecule has 1 atom stereocenters. The molecule has 0 spiro atoms. The molecule has 1 aromatic carbocycles. The van der Waals surface area contributed by atoms with Crippen LogP contribution in [0.15, 0.2) is 36.1 Å². The highest BCUT2D eigenvalue weighted by Crippen LogP contribution is 2.31. The van der Waals surface area contributed by atoms with Crippen LogP contribution in [0, 0.1) is 5.92 Å². The van der Waals surface area contributed by atoms with Gasteiger partial charge in [0.25, 0.3) is 0 Å². The third-order valence-electron chi connectivity index (χ3n) is 5.65. The molecule has 3 heterocycles. The molecular formula is C22H27N5O2S. The van der Waals surface area contributed by atoms with Crippen molar-refractivity contribution in [1.82, 2.24) is 15.0 Å². The van der Waals surface area contributed by atoms with Crippen molar-refractivity contribution in [2.24, 2.45) is 5.92 Å². The van der Waals surface area contributed by atoms with Crippen LogP contribution in [0.3, 0.4) is 0 Å². The third-order valence-corrected chi connectivity index (χ3v) is 6.43. The summed E-state index contributed by atoms with van der Waals surface area (Å²) >= 11 is 1.42. The lowest BCUT2D eigenvalue weighted by atomic mass is 9.93. The number of anilines is 2. The predicted molar refractivity (Wildman–Crippen MR) is 121 cm³/mol. The van der Waals surface area contributed by atoms with Crippen LogP contribution in [0.5, 0.6) is 0 Å². The fourth-order valence-corrected chi connectivity index (χ4v) is 4.71. The summed E-state index contributed by atoms with van der Waals surface area (Å²) in [6, 6.07) is 6.33. The van der Waals surface area contributed by atoms with E-state index in [2.05, 4.69) is 49.9 Å². The van der Waals surface area contributed by atoms with E-state index in [1.165, 1.54) is 11.3 Å². The van der Waals surface area contributed by atoms with Gasteiger partial charge in [0.05, 0.1) is 12.1 Å². The predicted octanol–water partition coefficient (Wildman–Crippen LogP) is 3.66. The third kappa shape index (κ3) is 4.29.